The molecule has 7 nitrogen and oxygen atoms in total. The Morgan fingerprint density at radius 1 is 0.667 bits per heavy atom. The maximum absolute atomic E-state index is 12.7. The van der Waals surface area contributed by atoms with Gasteiger partial charge in [0.1, 0.15) is 12.2 Å². The van der Waals surface area contributed by atoms with Crippen molar-refractivity contribution in [3.63, 3.8) is 0 Å². The number of hydrogen-bond acceptors (Lipinski definition) is 7. The second-order valence-corrected chi connectivity index (χ2v) is 11.2. The number of hydroxylamine groups is 4. The summed E-state index contributed by atoms with van der Waals surface area (Å²) < 4.78 is 11.6. The summed E-state index contributed by atoms with van der Waals surface area (Å²) in [5.74, 6) is 0. The van der Waals surface area contributed by atoms with Gasteiger partial charge in [-0.15, -0.1) is 0 Å². The number of nitrogens with zero attached hydrogens (tertiary/aromatic N) is 2. The van der Waals surface area contributed by atoms with E-state index in [0.29, 0.717) is 38.9 Å². The Labute approximate surface area is 183 Å². The molecule has 0 bridgehead atoms. The van der Waals surface area contributed by atoms with Crippen molar-refractivity contribution in [1.29, 1.82) is 0 Å². The van der Waals surface area contributed by atoms with Crippen molar-refractivity contribution < 1.29 is 23.9 Å². The molecule has 0 saturated carbocycles. The first-order valence-corrected chi connectivity index (χ1v) is 11.4. The van der Waals surface area contributed by atoms with Crippen molar-refractivity contribution in [2.45, 2.75) is 129 Å². The summed E-state index contributed by atoms with van der Waals surface area (Å²) in [5, 5.41) is 4.11. The van der Waals surface area contributed by atoms with Crippen LogP contribution in [0.15, 0.2) is 0 Å². The first-order valence-electron chi connectivity index (χ1n) is 11.4. The topological polar surface area (TPSA) is 60.5 Å². The van der Waals surface area contributed by atoms with E-state index in [1.54, 1.807) is 0 Å². The van der Waals surface area contributed by atoms with Crippen molar-refractivity contribution >= 4 is 6.16 Å². The molecular weight excluding hydrogens is 384 g/mol. The lowest BCUT2D eigenvalue weighted by Crippen LogP contribution is -2.62. The van der Waals surface area contributed by atoms with Gasteiger partial charge in [0.15, 0.2) is 0 Å². The second kappa shape index (κ2) is 8.93. The summed E-state index contributed by atoms with van der Waals surface area (Å²) >= 11 is 0. The van der Waals surface area contributed by atoms with E-state index in [0.717, 1.165) is 0 Å². The molecule has 2 rings (SSSR count). The molecule has 2 saturated heterocycles. The van der Waals surface area contributed by atoms with Crippen molar-refractivity contribution in [2.24, 2.45) is 0 Å². The molecule has 0 spiro atoms. The minimum absolute atomic E-state index is 0.205. The first kappa shape index (κ1) is 25.4. The zero-order valence-corrected chi connectivity index (χ0v) is 20.8. The Balaban J connectivity index is 2.01. The van der Waals surface area contributed by atoms with Crippen LogP contribution in [0.1, 0.15) is 94.9 Å². The van der Waals surface area contributed by atoms with Crippen LogP contribution in [0.4, 0.5) is 4.79 Å². The molecule has 7 heteroatoms. The molecule has 0 aromatic carbocycles. The first-order chi connectivity index (χ1) is 13.6. The van der Waals surface area contributed by atoms with E-state index in [9.17, 15) is 4.79 Å². The lowest BCUT2D eigenvalue weighted by Gasteiger charge is -2.53. The summed E-state index contributed by atoms with van der Waals surface area (Å²) in [6, 6.07) is 0. The molecule has 2 fully saturated rings. The van der Waals surface area contributed by atoms with Gasteiger partial charge in [-0.25, -0.2) is 4.79 Å². The Hall–Kier alpha value is -0.890. The van der Waals surface area contributed by atoms with E-state index < -0.39 is 6.16 Å². The van der Waals surface area contributed by atoms with Gasteiger partial charge in [-0.05, 0) is 69.2 Å². The molecule has 0 unspecified atom stereocenters. The Bertz CT molecular complexity index is 516. The fourth-order valence-electron chi connectivity index (χ4n) is 5.77. The van der Waals surface area contributed by atoms with Gasteiger partial charge >= 0.3 is 6.16 Å². The van der Waals surface area contributed by atoms with E-state index in [2.05, 4.69) is 65.5 Å². The van der Waals surface area contributed by atoms with Crippen molar-refractivity contribution in [2.75, 3.05) is 13.2 Å². The summed E-state index contributed by atoms with van der Waals surface area (Å²) in [6.07, 6.45) is 1.82. The van der Waals surface area contributed by atoms with Gasteiger partial charge in [0.05, 0.1) is 13.2 Å². The van der Waals surface area contributed by atoms with Crippen LogP contribution in [0.3, 0.4) is 0 Å². The lowest BCUT2D eigenvalue weighted by atomic mass is 9.80. The quantitative estimate of drug-likeness (QED) is 0.546. The normalized spacial score (nSPS) is 27.0. The second-order valence-electron chi connectivity index (χ2n) is 11.2. The monoisotopic (exact) mass is 428 g/mol. The molecule has 0 aromatic rings. The molecule has 2 aliphatic rings. The molecular formula is C23H44N2O5. The van der Waals surface area contributed by atoms with E-state index in [-0.39, 0.29) is 34.4 Å². The summed E-state index contributed by atoms with van der Waals surface area (Å²) in [4.78, 5) is 24.5. The van der Waals surface area contributed by atoms with Gasteiger partial charge in [-0.2, -0.15) is 10.1 Å². The average Bonchev–Trinajstić information content (AvgIpc) is 2.52. The van der Waals surface area contributed by atoms with Crippen LogP contribution in [-0.4, -0.2) is 63.9 Å². The van der Waals surface area contributed by atoms with Crippen LogP contribution >= 0.6 is 0 Å². The Kier molecular flexibility index (Phi) is 7.55. The van der Waals surface area contributed by atoms with Crippen LogP contribution in [0.5, 0.6) is 0 Å². The number of piperidine rings is 2. The van der Waals surface area contributed by atoms with Crippen LogP contribution in [0.2, 0.25) is 0 Å². The Morgan fingerprint density at radius 2 is 0.933 bits per heavy atom. The zero-order chi connectivity index (χ0) is 23.0. The third kappa shape index (κ3) is 5.67. The molecule has 0 radical (unpaired) electrons. The van der Waals surface area contributed by atoms with Gasteiger partial charge in [-0.3, -0.25) is 9.68 Å². The maximum atomic E-state index is 12.7. The van der Waals surface area contributed by atoms with E-state index in [4.69, 9.17) is 19.1 Å². The van der Waals surface area contributed by atoms with Crippen LogP contribution in [-0.2, 0) is 19.1 Å². The molecule has 0 aliphatic carbocycles. The van der Waals surface area contributed by atoms with Gasteiger partial charge < -0.3 is 9.47 Å². The fourth-order valence-corrected chi connectivity index (χ4v) is 5.77. The molecule has 0 amide bonds. The van der Waals surface area contributed by atoms with Gasteiger partial charge in [0.25, 0.3) is 0 Å². The minimum atomic E-state index is -0.571. The highest BCUT2D eigenvalue weighted by molar-refractivity contribution is 5.60. The number of carbonyl (C=O) groups is 1. The molecule has 30 heavy (non-hydrogen) atoms. The van der Waals surface area contributed by atoms with E-state index >= 15 is 0 Å². The predicted octanol–water partition coefficient (Wildman–Crippen LogP) is 5.09. The van der Waals surface area contributed by atoms with Gasteiger partial charge in [0.2, 0.25) is 0 Å². The molecule has 2 aliphatic heterocycles. The number of hydrogen-bond donors (Lipinski definition) is 0. The molecule has 176 valence electrons. The number of rotatable bonds is 6. The van der Waals surface area contributed by atoms with E-state index in [1.165, 1.54) is 0 Å². The third-order valence-electron chi connectivity index (χ3n) is 6.15. The average molecular weight is 429 g/mol. The highest BCUT2D eigenvalue weighted by atomic mass is 16.7. The number of carbonyl (C=O) groups excluding carboxylic acids is 1. The van der Waals surface area contributed by atoms with Gasteiger partial charge in [-0.1, -0.05) is 0 Å². The fraction of sp³-hybridized carbons (Fsp3) is 0.957. The van der Waals surface area contributed by atoms with Crippen molar-refractivity contribution in [3.8, 4) is 0 Å². The smallest absolute Gasteiger partial charge is 0.431 e. The summed E-state index contributed by atoms with van der Waals surface area (Å²) in [5.41, 5.74) is -0.962. The summed E-state index contributed by atoms with van der Waals surface area (Å²) in [7, 11) is 0. The highest BCUT2D eigenvalue weighted by Crippen LogP contribution is 2.41. The maximum Gasteiger partial charge on any atom is 0.508 e. The third-order valence-corrected chi connectivity index (χ3v) is 6.15. The molecule has 0 atom stereocenters. The molecule has 0 aromatic heterocycles. The van der Waals surface area contributed by atoms with Gasteiger partial charge in [0, 0.05) is 47.8 Å². The molecule has 0 N–H and O–H groups in total. The minimum Gasteiger partial charge on any atom is -0.431 e. The predicted molar refractivity (Wildman–Crippen MR) is 117 cm³/mol. The summed E-state index contributed by atoms with van der Waals surface area (Å²) in [6.45, 7) is 22.2. The molecule has 2 heterocycles. The van der Waals surface area contributed by atoms with Crippen LogP contribution in [0.25, 0.3) is 0 Å². The highest BCUT2D eigenvalue weighted by Gasteiger charge is 2.50. The largest absolute Gasteiger partial charge is 0.508 e. The zero-order valence-electron chi connectivity index (χ0n) is 20.8. The van der Waals surface area contributed by atoms with E-state index in [1.807, 2.05) is 13.8 Å². The van der Waals surface area contributed by atoms with Crippen molar-refractivity contribution in [3.05, 3.63) is 0 Å². The SMILES string of the molecule is CCON1C(C)(C)CC(OC(=O)OC2CC(C)(C)N(OCC)C(C)(C)C2)CC1(C)C. The van der Waals surface area contributed by atoms with Crippen LogP contribution < -0.4 is 0 Å². The Morgan fingerprint density at radius 3 is 1.17 bits per heavy atom. The van der Waals surface area contributed by atoms with Crippen molar-refractivity contribution in [1.82, 2.24) is 10.1 Å². The van der Waals surface area contributed by atoms with Crippen LogP contribution in [0, 0.1) is 0 Å². The lowest BCUT2D eigenvalue weighted by molar-refractivity contribution is -0.294. The number of ether oxygens (including phenoxy) is 2. The standard InChI is InChI=1S/C23H44N2O5/c1-11-27-24-20(3,4)13-17(14-21(24,5)6)29-19(26)30-18-15-22(7,8)25(28-12-2)23(9,10)16-18/h17-18H,11-16H2,1-10H3.